The third kappa shape index (κ3) is 7.80. The number of hydrogen-bond acceptors (Lipinski definition) is 5. The van der Waals surface area contributed by atoms with Crippen molar-refractivity contribution in [3.05, 3.63) is 101 Å². The molecule has 41 heavy (non-hydrogen) atoms. The topological polar surface area (TPSA) is 62.1 Å². The zero-order valence-corrected chi connectivity index (χ0v) is 21.6. The summed E-state index contributed by atoms with van der Waals surface area (Å²) in [6.07, 6.45) is -5.75. The fraction of sp³-hybridized carbons (Fsp3) is 0.241. The number of nitrogens with zero attached hydrogens (tertiary/aromatic N) is 2. The van der Waals surface area contributed by atoms with Crippen LogP contribution in [0, 0.1) is 0 Å². The van der Waals surface area contributed by atoms with Gasteiger partial charge in [0, 0.05) is 29.2 Å². The number of halogens is 6. The van der Waals surface area contributed by atoms with Crippen LogP contribution in [0.15, 0.2) is 78.1 Å². The molecule has 0 saturated heterocycles. The molecule has 1 heterocycles. The molecule has 0 spiro atoms. The van der Waals surface area contributed by atoms with Crippen molar-refractivity contribution in [3.63, 3.8) is 0 Å². The van der Waals surface area contributed by atoms with Crippen LogP contribution in [-0.4, -0.2) is 30.0 Å². The molecule has 0 N–H and O–H groups in total. The van der Waals surface area contributed by atoms with Gasteiger partial charge in [0.1, 0.15) is 12.4 Å². The molecular weight excluding hydrogens is 554 g/mol. The average Bonchev–Trinajstić information content (AvgIpc) is 3.26. The monoisotopic (exact) mass is 578 g/mol. The standard InChI is InChI=1S/C29H24F6N2O4/c1-2-39-27(38)18-40-24-11-12-26-25(13-24)21(14-36-41-17-20-5-9-23(10-6-20)29(33,34)35)16-37(26)15-19-3-7-22(8-4-19)28(30,31)32/h3-14,16H,2,15,17-18H2,1H3/b36-14+. The first kappa shape index (κ1) is 29.5. The Balaban J connectivity index is 1.55. The normalized spacial score (nSPS) is 12.2. The number of rotatable bonds is 10. The van der Waals surface area contributed by atoms with E-state index in [1.54, 1.807) is 31.3 Å². The van der Waals surface area contributed by atoms with Crippen molar-refractivity contribution >= 4 is 23.1 Å². The summed E-state index contributed by atoms with van der Waals surface area (Å²) in [4.78, 5) is 17.0. The van der Waals surface area contributed by atoms with Gasteiger partial charge in [-0.15, -0.1) is 0 Å². The summed E-state index contributed by atoms with van der Waals surface area (Å²) < 4.78 is 89.4. The number of oxime groups is 1. The van der Waals surface area contributed by atoms with Gasteiger partial charge in [-0.2, -0.15) is 26.3 Å². The summed E-state index contributed by atoms with van der Waals surface area (Å²) in [5, 5.41) is 4.60. The summed E-state index contributed by atoms with van der Waals surface area (Å²) >= 11 is 0. The minimum Gasteiger partial charge on any atom is -0.482 e. The minimum absolute atomic E-state index is 0.0767. The molecule has 0 aliphatic carbocycles. The van der Waals surface area contributed by atoms with Crippen LogP contribution in [0.4, 0.5) is 26.3 Å². The van der Waals surface area contributed by atoms with Gasteiger partial charge in [-0.1, -0.05) is 29.4 Å². The molecule has 0 atom stereocenters. The summed E-state index contributed by atoms with van der Waals surface area (Å²) in [7, 11) is 0. The number of carbonyl (C=O) groups excluding carboxylic acids is 1. The van der Waals surface area contributed by atoms with Crippen LogP contribution in [0.5, 0.6) is 5.75 Å². The van der Waals surface area contributed by atoms with E-state index in [0.29, 0.717) is 33.3 Å². The maximum Gasteiger partial charge on any atom is 0.416 e. The molecule has 4 rings (SSSR count). The Labute approximate surface area is 230 Å². The molecule has 216 valence electrons. The summed E-state index contributed by atoms with van der Waals surface area (Å²) in [5.74, 6) is -0.163. The number of esters is 1. The Morgan fingerprint density at radius 2 is 1.49 bits per heavy atom. The van der Waals surface area contributed by atoms with E-state index >= 15 is 0 Å². The Hall–Kier alpha value is -4.48. The van der Waals surface area contributed by atoms with E-state index in [-0.39, 0.29) is 26.4 Å². The Bertz CT molecular complexity index is 1510. The lowest BCUT2D eigenvalue weighted by Gasteiger charge is -2.10. The third-order valence-electron chi connectivity index (χ3n) is 5.96. The second-order valence-electron chi connectivity index (χ2n) is 8.88. The molecule has 0 fully saturated rings. The van der Waals surface area contributed by atoms with Gasteiger partial charge in [-0.05, 0) is 60.5 Å². The van der Waals surface area contributed by atoms with Crippen molar-refractivity contribution in [2.24, 2.45) is 5.16 Å². The van der Waals surface area contributed by atoms with Crippen LogP contribution in [0.2, 0.25) is 0 Å². The molecule has 0 amide bonds. The number of ether oxygens (including phenoxy) is 2. The molecule has 6 nitrogen and oxygen atoms in total. The van der Waals surface area contributed by atoms with Crippen LogP contribution < -0.4 is 4.74 Å². The molecule has 0 unspecified atom stereocenters. The molecule has 0 aliphatic rings. The van der Waals surface area contributed by atoms with E-state index in [0.717, 1.165) is 24.3 Å². The number of alkyl halides is 6. The van der Waals surface area contributed by atoms with Gasteiger partial charge in [0.25, 0.3) is 0 Å². The lowest BCUT2D eigenvalue weighted by atomic mass is 10.1. The molecule has 4 aromatic rings. The van der Waals surface area contributed by atoms with Gasteiger partial charge in [-0.25, -0.2) is 4.79 Å². The highest BCUT2D eigenvalue weighted by atomic mass is 19.4. The predicted molar refractivity (Wildman–Crippen MR) is 138 cm³/mol. The van der Waals surface area contributed by atoms with Crippen molar-refractivity contribution in [1.82, 2.24) is 4.57 Å². The van der Waals surface area contributed by atoms with Crippen molar-refractivity contribution in [2.45, 2.75) is 32.4 Å². The Kier molecular flexibility index (Phi) is 8.89. The SMILES string of the molecule is CCOC(=O)COc1ccc2c(c1)c(/C=N/OCc1ccc(C(F)(F)F)cc1)cn2Cc1ccc(C(F)(F)F)cc1. The largest absolute Gasteiger partial charge is 0.482 e. The molecule has 0 aliphatic heterocycles. The van der Waals surface area contributed by atoms with Gasteiger partial charge >= 0.3 is 18.3 Å². The number of carbonyl (C=O) groups is 1. The molecule has 12 heteroatoms. The van der Waals surface area contributed by atoms with E-state index in [1.165, 1.54) is 30.5 Å². The third-order valence-corrected chi connectivity index (χ3v) is 5.96. The van der Waals surface area contributed by atoms with Crippen LogP contribution in [0.1, 0.15) is 34.7 Å². The smallest absolute Gasteiger partial charge is 0.416 e. The van der Waals surface area contributed by atoms with E-state index in [4.69, 9.17) is 14.3 Å². The summed E-state index contributed by atoms with van der Waals surface area (Å²) in [6.45, 7) is 1.76. The van der Waals surface area contributed by atoms with Crippen LogP contribution in [0.3, 0.4) is 0 Å². The molecule has 0 bridgehead atoms. The lowest BCUT2D eigenvalue weighted by Crippen LogP contribution is -2.14. The van der Waals surface area contributed by atoms with Gasteiger partial charge < -0.3 is 18.9 Å². The van der Waals surface area contributed by atoms with Crippen LogP contribution >= 0.6 is 0 Å². The number of aromatic nitrogens is 1. The van der Waals surface area contributed by atoms with Crippen molar-refractivity contribution in [3.8, 4) is 5.75 Å². The first-order valence-corrected chi connectivity index (χ1v) is 12.3. The fourth-order valence-corrected chi connectivity index (χ4v) is 3.96. The van der Waals surface area contributed by atoms with Gasteiger partial charge in [0.15, 0.2) is 6.61 Å². The number of hydrogen-bond donors (Lipinski definition) is 0. The molecule has 1 aromatic heterocycles. The second kappa shape index (κ2) is 12.4. The van der Waals surface area contributed by atoms with E-state index < -0.39 is 29.4 Å². The number of fused-ring (bicyclic) bond motifs is 1. The Morgan fingerprint density at radius 1 is 0.878 bits per heavy atom. The highest BCUT2D eigenvalue weighted by Crippen LogP contribution is 2.31. The van der Waals surface area contributed by atoms with Gasteiger partial charge in [0.05, 0.1) is 23.9 Å². The second-order valence-corrected chi connectivity index (χ2v) is 8.88. The minimum atomic E-state index is -4.44. The quantitative estimate of drug-likeness (QED) is 0.0863. The van der Waals surface area contributed by atoms with E-state index in [1.807, 2.05) is 4.57 Å². The molecule has 3 aromatic carbocycles. The predicted octanol–water partition coefficient (Wildman–Crippen LogP) is 7.22. The summed E-state index contributed by atoms with van der Waals surface area (Å²) in [5.41, 5.74) is 0.860. The van der Waals surface area contributed by atoms with Gasteiger partial charge in [0.2, 0.25) is 0 Å². The molecule has 0 radical (unpaired) electrons. The Morgan fingerprint density at radius 3 is 2.07 bits per heavy atom. The lowest BCUT2D eigenvalue weighted by molar-refractivity contribution is -0.145. The molecular formula is C29H24F6N2O4. The fourth-order valence-electron chi connectivity index (χ4n) is 3.96. The first-order valence-electron chi connectivity index (χ1n) is 12.3. The number of benzene rings is 3. The van der Waals surface area contributed by atoms with Crippen molar-refractivity contribution in [1.29, 1.82) is 0 Å². The summed E-state index contributed by atoms with van der Waals surface area (Å²) in [6, 6.07) is 14.4. The first-order chi connectivity index (χ1) is 19.4. The highest BCUT2D eigenvalue weighted by molar-refractivity contribution is 6.00. The maximum atomic E-state index is 13.0. The zero-order valence-electron chi connectivity index (χ0n) is 21.6. The van der Waals surface area contributed by atoms with E-state index in [9.17, 15) is 31.1 Å². The van der Waals surface area contributed by atoms with Gasteiger partial charge in [-0.3, -0.25) is 0 Å². The van der Waals surface area contributed by atoms with Crippen LogP contribution in [0.25, 0.3) is 10.9 Å². The van der Waals surface area contributed by atoms with Crippen molar-refractivity contribution in [2.75, 3.05) is 13.2 Å². The highest BCUT2D eigenvalue weighted by Gasteiger charge is 2.30. The van der Waals surface area contributed by atoms with E-state index in [2.05, 4.69) is 5.16 Å². The van der Waals surface area contributed by atoms with Crippen LogP contribution in [-0.2, 0) is 39.9 Å². The maximum absolute atomic E-state index is 13.0. The van der Waals surface area contributed by atoms with Crippen molar-refractivity contribution < 1.29 is 45.4 Å². The average molecular weight is 579 g/mol. The molecule has 0 saturated carbocycles. The zero-order chi connectivity index (χ0) is 29.6.